The van der Waals surface area contributed by atoms with Crippen molar-refractivity contribution in [2.45, 2.75) is 31.7 Å². The van der Waals surface area contributed by atoms with Gasteiger partial charge >= 0.3 is 0 Å². The summed E-state index contributed by atoms with van der Waals surface area (Å²) in [5, 5.41) is 0. The van der Waals surface area contributed by atoms with E-state index in [0.29, 0.717) is 24.2 Å². The fourth-order valence-corrected chi connectivity index (χ4v) is 5.89. The lowest BCUT2D eigenvalue weighted by molar-refractivity contribution is 0.0717. The molecule has 0 aliphatic carbocycles. The number of aromatic nitrogens is 1. The summed E-state index contributed by atoms with van der Waals surface area (Å²) in [6.07, 6.45) is 5.24. The molecule has 1 aromatic heterocycles. The largest absolute Gasteiger partial charge is 0.355 e. The first-order valence-corrected chi connectivity index (χ1v) is 12.1. The van der Waals surface area contributed by atoms with Gasteiger partial charge in [0.15, 0.2) is 0 Å². The van der Waals surface area contributed by atoms with E-state index in [1.54, 1.807) is 35.4 Å². The molecule has 7 nitrogen and oxygen atoms in total. The topological polar surface area (TPSA) is 73.8 Å². The molecule has 0 radical (unpaired) electrons. The maximum absolute atomic E-state index is 13.2. The molecule has 1 amide bonds. The average Bonchev–Trinajstić information content (AvgIpc) is 2.78. The number of pyridine rings is 1. The third-order valence-electron chi connectivity index (χ3n) is 5.97. The fourth-order valence-electron chi connectivity index (χ4n) is 4.26. The maximum Gasteiger partial charge on any atom is 0.253 e. The molecule has 160 valence electrons. The number of hydrogen-bond acceptors (Lipinski definition) is 5. The van der Waals surface area contributed by atoms with Gasteiger partial charge in [0, 0.05) is 44.5 Å². The van der Waals surface area contributed by atoms with Crippen LogP contribution in [-0.2, 0) is 10.0 Å². The third kappa shape index (κ3) is 4.28. The first kappa shape index (κ1) is 20.7. The average molecular weight is 429 g/mol. The molecule has 2 aromatic rings. The van der Waals surface area contributed by atoms with Gasteiger partial charge in [-0.2, -0.15) is 0 Å². The van der Waals surface area contributed by atoms with Gasteiger partial charge in [-0.05, 0) is 56.0 Å². The summed E-state index contributed by atoms with van der Waals surface area (Å²) in [5.74, 6) is 1.01. The third-order valence-corrected chi connectivity index (χ3v) is 7.84. The van der Waals surface area contributed by atoms with Crippen molar-refractivity contribution in [1.82, 2.24) is 9.88 Å². The van der Waals surface area contributed by atoms with Gasteiger partial charge in [0.05, 0.1) is 11.4 Å². The highest BCUT2D eigenvalue weighted by atomic mass is 32.2. The number of anilines is 2. The predicted molar refractivity (Wildman–Crippen MR) is 118 cm³/mol. The molecule has 0 saturated carbocycles. The minimum atomic E-state index is -3.30. The van der Waals surface area contributed by atoms with Crippen molar-refractivity contribution in [2.75, 3.05) is 41.6 Å². The molecular formula is C22H28N4O3S. The smallest absolute Gasteiger partial charge is 0.253 e. The van der Waals surface area contributed by atoms with Crippen molar-refractivity contribution >= 4 is 27.4 Å². The molecule has 8 heteroatoms. The zero-order chi connectivity index (χ0) is 21.1. The molecule has 1 aromatic carbocycles. The molecule has 0 bridgehead atoms. The number of amides is 1. The summed E-state index contributed by atoms with van der Waals surface area (Å²) in [6.45, 7) is 2.13. The number of carbonyl (C=O) groups is 1. The minimum absolute atomic E-state index is 0.0793. The number of rotatable bonds is 4. The zero-order valence-corrected chi connectivity index (χ0v) is 18.1. The Morgan fingerprint density at radius 2 is 1.97 bits per heavy atom. The van der Waals surface area contributed by atoms with Gasteiger partial charge in [-0.1, -0.05) is 12.1 Å². The Morgan fingerprint density at radius 3 is 2.73 bits per heavy atom. The van der Waals surface area contributed by atoms with Crippen molar-refractivity contribution in [2.24, 2.45) is 0 Å². The molecule has 0 unspecified atom stereocenters. The van der Waals surface area contributed by atoms with Gasteiger partial charge in [0.25, 0.3) is 5.91 Å². The Balaban J connectivity index is 1.50. The van der Waals surface area contributed by atoms with Crippen LogP contribution in [0.25, 0.3) is 0 Å². The Labute approximate surface area is 178 Å². The highest BCUT2D eigenvalue weighted by molar-refractivity contribution is 7.92. The standard InChI is InChI=1S/C22H28N4O3S/c1-24(20-10-7-13-25(17-20)21-11-2-3-12-23-21)22(27)18-8-6-9-19(16-18)26-14-4-5-15-30(26,28)29/h2-3,6,8-9,11-12,16,20H,4-5,7,10,13-15,17H2,1H3/t20-/m1/s1. The minimum Gasteiger partial charge on any atom is -0.355 e. The van der Waals surface area contributed by atoms with Crippen molar-refractivity contribution < 1.29 is 13.2 Å². The maximum atomic E-state index is 13.2. The molecule has 0 spiro atoms. The summed E-state index contributed by atoms with van der Waals surface area (Å²) in [4.78, 5) is 21.7. The molecule has 1 atom stereocenters. The van der Waals surface area contributed by atoms with Crippen LogP contribution in [0, 0.1) is 0 Å². The number of benzene rings is 1. The van der Waals surface area contributed by atoms with E-state index in [1.165, 1.54) is 4.31 Å². The van der Waals surface area contributed by atoms with E-state index in [-0.39, 0.29) is 17.7 Å². The summed E-state index contributed by atoms with van der Waals surface area (Å²) < 4.78 is 26.3. The summed E-state index contributed by atoms with van der Waals surface area (Å²) in [7, 11) is -1.47. The van der Waals surface area contributed by atoms with E-state index in [9.17, 15) is 13.2 Å². The van der Waals surface area contributed by atoms with Crippen LogP contribution >= 0.6 is 0 Å². The number of likely N-dealkylation sites (N-methyl/N-ethyl adjacent to an activating group) is 1. The molecule has 30 heavy (non-hydrogen) atoms. The van der Waals surface area contributed by atoms with Crippen molar-refractivity contribution in [3.8, 4) is 0 Å². The van der Waals surface area contributed by atoms with Crippen LogP contribution in [0.4, 0.5) is 11.5 Å². The first-order valence-electron chi connectivity index (χ1n) is 10.5. The summed E-state index contributed by atoms with van der Waals surface area (Å²) >= 11 is 0. The zero-order valence-electron chi connectivity index (χ0n) is 17.3. The van der Waals surface area contributed by atoms with Crippen LogP contribution in [0.5, 0.6) is 0 Å². The highest BCUT2D eigenvalue weighted by Gasteiger charge is 2.29. The molecule has 0 N–H and O–H groups in total. The van der Waals surface area contributed by atoms with Crippen LogP contribution in [0.15, 0.2) is 48.7 Å². The van der Waals surface area contributed by atoms with Gasteiger partial charge in [0.2, 0.25) is 10.0 Å². The molecule has 2 aliphatic rings. The molecule has 2 saturated heterocycles. The van der Waals surface area contributed by atoms with Crippen molar-refractivity contribution in [1.29, 1.82) is 0 Å². The number of nitrogens with zero attached hydrogens (tertiary/aromatic N) is 4. The number of carbonyl (C=O) groups excluding carboxylic acids is 1. The summed E-state index contributed by atoms with van der Waals surface area (Å²) in [5.41, 5.74) is 1.10. The lowest BCUT2D eigenvalue weighted by atomic mass is 10.0. The monoisotopic (exact) mass is 428 g/mol. The van der Waals surface area contributed by atoms with E-state index in [0.717, 1.165) is 38.2 Å². The van der Waals surface area contributed by atoms with Crippen molar-refractivity contribution in [3.63, 3.8) is 0 Å². The number of hydrogen-bond donors (Lipinski definition) is 0. The molecule has 3 heterocycles. The number of sulfonamides is 1. The highest BCUT2D eigenvalue weighted by Crippen LogP contribution is 2.26. The van der Waals surface area contributed by atoms with Gasteiger partial charge in [0.1, 0.15) is 5.82 Å². The first-order chi connectivity index (χ1) is 14.5. The van der Waals surface area contributed by atoms with E-state index >= 15 is 0 Å². The number of piperidine rings is 1. The van der Waals surface area contributed by atoms with Gasteiger partial charge in [-0.25, -0.2) is 13.4 Å². The fraction of sp³-hybridized carbons (Fsp3) is 0.455. The Bertz CT molecular complexity index is 996. The molecular weight excluding hydrogens is 400 g/mol. The van der Waals surface area contributed by atoms with Crippen LogP contribution in [0.3, 0.4) is 0 Å². The Kier molecular flexibility index (Phi) is 5.94. The summed E-state index contributed by atoms with van der Waals surface area (Å²) in [6, 6.07) is 12.9. The van der Waals surface area contributed by atoms with E-state index in [2.05, 4.69) is 9.88 Å². The van der Waals surface area contributed by atoms with Crippen LogP contribution in [-0.4, -0.2) is 62.7 Å². The Morgan fingerprint density at radius 1 is 1.10 bits per heavy atom. The van der Waals surface area contributed by atoms with Crippen LogP contribution in [0.2, 0.25) is 0 Å². The molecule has 2 fully saturated rings. The van der Waals surface area contributed by atoms with E-state index in [1.807, 2.05) is 25.2 Å². The predicted octanol–water partition coefficient (Wildman–Crippen LogP) is 2.75. The molecule has 4 rings (SSSR count). The second-order valence-electron chi connectivity index (χ2n) is 7.99. The quantitative estimate of drug-likeness (QED) is 0.749. The van der Waals surface area contributed by atoms with Crippen molar-refractivity contribution in [3.05, 3.63) is 54.2 Å². The van der Waals surface area contributed by atoms with Crippen LogP contribution in [0.1, 0.15) is 36.0 Å². The molecule has 2 aliphatic heterocycles. The second-order valence-corrected chi connectivity index (χ2v) is 10.0. The SMILES string of the molecule is CN(C(=O)c1cccc(N2CCCCS2(=O)=O)c1)[C@@H]1CCCN(c2ccccn2)C1. The van der Waals surface area contributed by atoms with Gasteiger partial charge in [-0.3, -0.25) is 9.10 Å². The second kappa shape index (κ2) is 8.63. The Hall–Kier alpha value is -2.61. The van der Waals surface area contributed by atoms with Gasteiger partial charge in [-0.15, -0.1) is 0 Å². The normalized spacial score (nSPS) is 21.3. The lowest BCUT2D eigenvalue weighted by Crippen LogP contribution is -2.49. The van der Waals surface area contributed by atoms with Crippen LogP contribution < -0.4 is 9.21 Å². The van der Waals surface area contributed by atoms with E-state index in [4.69, 9.17) is 0 Å². The van der Waals surface area contributed by atoms with E-state index < -0.39 is 10.0 Å². The van der Waals surface area contributed by atoms with Gasteiger partial charge < -0.3 is 9.80 Å². The lowest BCUT2D eigenvalue weighted by Gasteiger charge is -2.38.